The van der Waals surface area contributed by atoms with Crippen molar-refractivity contribution in [2.45, 2.75) is 18.9 Å². The first kappa shape index (κ1) is 21.5. The van der Waals surface area contributed by atoms with Crippen LogP contribution in [0, 0.1) is 18.2 Å². The number of hydrogen-bond donors (Lipinski definition) is 1. The molecule has 164 valence electrons. The molecule has 0 atom stereocenters. The van der Waals surface area contributed by atoms with Gasteiger partial charge in [-0.15, -0.1) is 0 Å². The van der Waals surface area contributed by atoms with Crippen LogP contribution in [-0.2, 0) is 0 Å². The van der Waals surface area contributed by atoms with Crippen molar-refractivity contribution in [1.29, 1.82) is 0 Å². The van der Waals surface area contributed by atoms with Crippen molar-refractivity contribution in [2.24, 2.45) is 5.73 Å². The second-order valence-corrected chi connectivity index (χ2v) is 7.53. The Hall–Kier alpha value is -3.77. The van der Waals surface area contributed by atoms with Crippen LogP contribution in [0.15, 0.2) is 47.3 Å². The summed E-state index contributed by atoms with van der Waals surface area (Å²) in [4.78, 5) is 22.9. The van der Waals surface area contributed by atoms with Gasteiger partial charge >= 0.3 is 0 Å². The molecule has 1 aromatic heterocycles. The summed E-state index contributed by atoms with van der Waals surface area (Å²) >= 11 is 0. The second kappa shape index (κ2) is 8.77. The molecule has 0 radical (unpaired) electrons. The van der Waals surface area contributed by atoms with Crippen LogP contribution >= 0.6 is 0 Å². The van der Waals surface area contributed by atoms with Gasteiger partial charge in [0.2, 0.25) is 5.69 Å². The molecule has 1 aliphatic rings. The summed E-state index contributed by atoms with van der Waals surface area (Å²) in [6, 6.07) is 9.58. The van der Waals surface area contributed by atoms with Crippen molar-refractivity contribution < 1.29 is 13.5 Å². The molecule has 0 spiro atoms. The van der Waals surface area contributed by atoms with E-state index >= 15 is 0 Å². The van der Waals surface area contributed by atoms with E-state index in [1.165, 1.54) is 42.0 Å². The summed E-state index contributed by atoms with van der Waals surface area (Å²) in [6.07, 6.45) is 1.52. The van der Waals surface area contributed by atoms with Crippen LogP contribution in [0.1, 0.15) is 12.8 Å². The van der Waals surface area contributed by atoms with Crippen molar-refractivity contribution in [3.63, 3.8) is 0 Å². The largest absolute Gasteiger partial charge is 0.494 e. The molecular formula is C23H21F2N5O2. The molecule has 2 heterocycles. The molecule has 9 heteroatoms. The van der Waals surface area contributed by atoms with Crippen molar-refractivity contribution in [1.82, 2.24) is 9.55 Å². The Morgan fingerprint density at radius 3 is 2.50 bits per heavy atom. The number of ether oxygens (including phenoxy) is 1. The molecule has 1 aliphatic heterocycles. The molecule has 7 nitrogen and oxygen atoms in total. The third-order valence-electron chi connectivity index (χ3n) is 5.49. The van der Waals surface area contributed by atoms with Gasteiger partial charge in [0, 0.05) is 36.8 Å². The van der Waals surface area contributed by atoms with E-state index in [0.29, 0.717) is 24.5 Å². The van der Waals surface area contributed by atoms with Crippen molar-refractivity contribution in [3.05, 3.63) is 75.9 Å². The van der Waals surface area contributed by atoms with Gasteiger partial charge in [0.15, 0.2) is 11.6 Å². The zero-order chi connectivity index (χ0) is 22.8. The van der Waals surface area contributed by atoms with Crippen molar-refractivity contribution in [3.8, 4) is 22.8 Å². The first-order chi connectivity index (χ1) is 15.4. The Morgan fingerprint density at radius 2 is 1.88 bits per heavy atom. The third kappa shape index (κ3) is 4.05. The minimum Gasteiger partial charge on any atom is -0.494 e. The SMILES string of the molecule is [C-]#[N+]c1ccc(-c2nc(N3CCC(N)CC3)cc(=O)n2-c2ccc(OC)c(F)c2)cc1F. The number of aromatic nitrogens is 2. The van der Waals surface area contributed by atoms with Gasteiger partial charge in [-0.1, -0.05) is 12.1 Å². The monoisotopic (exact) mass is 437 g/mol. The van der Waals surface area contributed by atoms with E-state index in [0.717, 1.165) is 25.0 Å². The molecule has 0 aliphatic carbocycles. The van der Waals surface area contributed by atoms with E-state index in [1.807, 2.05) is 4.90 Å². The van der Waals surface area contributed by atoms with Gasteiger partial charge in [-0.2, -0.15) is 0 Å². The molecule has 0 bridgehead atoms. The predicted molar refractivity (Wildman–Crippen MR) is 117 cm³/mol. The number of halogens is 2. The highest BCUT2D eigenvalue weighted by Crippen LogP contribution is 2.29. The van der Waals surface area contributed by atoms with Crippen molar-refractivity contribution >= 4 is 11.5 Å². The average molecular weight is 437 g/mol. The van der Waals surface area contributed by atoms with Gasteiger partial charge < -0.3 is 15.4 Å². The highest BCUT2D eigenvalue weighted by molar-refractivity contribution is 5.65. The molecule has 3 aromatic rings. The van der Waals surface area contributed by atoms with Crippen LogP contribution in [0.5, 0.6) is 5.75 Å². The van der Waals surface area contributed by atoms with Gasteiger partial charge in [-0.05, 0) is 31.0 Å². The number of nitrogens with zero attached hydrogens (tertiary/aromatic N) is 4. The minimum atomic E-state index is -0.728. The van der Waals surface area contributed by atoms with Crippen LogP contribution in [0.25, 0.3) is 21.9 Å². The Bertz CT molecular complexity index is 1260. The summed E-state index contributed by atoms with van der Waals surface area (Å²) in [6.45, 7) is 8.34. The van der Waals surface area contributed by atoms with E-state index in [4.69, 9.17) is 17.0 Å². The maximum absolute atomic E-state index is 14.4. The fourth-order valence-electron chi connectivity index (χ4n) is 3.73. The number of benzene rings is 2. The third-order valence-corrected chi connectivity index (χ3v) is 5.49. The molecule has 4 rings (SSSR count). The molecule has 32 heavy (non-hydrogen) atoms. The van der Waals surface area contributed by atoms with Gasteiger partial charge in [0.1, 0.15) is 17.5 Å². The highest BCUT2D eigenvalue weighted by Gasteiger charge is 2.21. The molecule has 0 amide bonds. The average Bonchev–Trinajstić information content (AvgIpc) is 2.79. The van der Waals surface area contributed by atoms with Gasteiger partial charge in [-0.3, -0.25) is 9.36 Å². The maximum Gasteiger partial charge on any atom is 0.260 e. The van der Waals surface area contributed by atoms with E-state index in [-0.39, 0.29) is 29.0 Å². The normalized spacial score (nSPS) is 14.3. The quantitative estimate of drug-likeness (QED) is 0.631. The molecule has 1 fully saturated rings. The standard InChI is InChI=1S/C23H21F2N5O2/c1-27-19-5-3-14(11-17(19)24)23-28-21(29-9-7-15(26)8-10-29)13-22(31)30(23)16-4-6-20(32-2)18(25)12-16/h3-6,11-13,15H,7-10,26H2,2H3. The molecular weight excluding hydrogens is 416 g/mol. The van der Waals surface area contributed by atoms with E-state index < -0.39 is 17.2 Å². The number of methoxy groups -OCH3 is 1. The van der Waals surface area contributed by atoms with E-state index in [9.17, 15) is 13.6 Å². The summed E-state index contributed by atoms with van der Waals surface area (Å²) < 4.78 is 35.0. The number of hydrogen-bond acceptors (Lipinski definition) is 5. The number of piperidine rings is 1. The lowest BCUT2D eigenvalue weighted by atomic mass is 10.1. The maximum atomic E-state index is 14.4. The fourth-order valence-corrected chi connectivity index (χ4v) is 3.73. The Balaban J connectivity index is 1.91. The molecule has 0 unspecified atom stereocenters. The summed E-state index contributed by atoms with van der Waals surface area (Å²) in [5, 5.41) is 0. The van der Waals surface area contributed by atoms with Crippen LogP contribution in [0.2, 0.25) is 0 Å². The van der Waals surface area contributed by atoms with E-state index in [1.54, 1.807) is 0 Å². The van der Waals surface area contributed by atoms with Gasteiger partial charge in [-0.25, -0.2) is 18.6 Å². The molecule has 0 saturated carbocycles. The zero-order valence-electron chi connectivity index (χ0n) is 17.4. The van der Waals surface area contributed by atoms with Crippen LogP contribution in [0.4, 0.5) is 20.3 Å². The first-order valence-corrected chi connectivity index (χ1v) is 10.1. The topological polar surface area (TPSA) is 77.7 Å². The smallest absolute Gasteiger partial charge is 0.260 e. The van der Waals surface area contributed by atoms with Crippen molar-refractivity contribution in [2.75, 3.05) is 25.1 Å². The summed E-state index contributed by atoms with van der Waals surface area (Å²) in [5.74, 6) is -0.760. The van der Waals surface area contributed by atoms with Gasteiger partial charge in [0.05, 0.1) is 19.4 Å². The lowest BCUT2D eigenvalue weighted by Crippen LogP contribution is -2.40. The minimum absolute atomic E-state index is 0.0324. The van der Waals surface area contributed by atoms with Crippen LogP contribution < -0.4 is 20.9 Å². The van der Waals surface area contributed by atoms with Crippen LogP contribution in [0.3, 0.4) is 0 Å². The molecule has 1 saturated heterocycles. The fraction of sp³-hybridized carbons (Fsp3) is 0.261. The highest BCUT2D eigenvalue weighted by atomic mass is 19.1. The summed E-state index contributed by atoms with van der Waals surface area (Å²) in [5.41, 5.74) is 5.91. The predicted octanol–water partition coefficient (Wildman–Crippen LogP) is 3.66. The molecule has 2 N–H and O–H groups in total. The van der Waals surface area contributed by atoms with Gasteiger partial charge in [0.25, 0.3) is 5.56 Å². The molecule has 2 aromatic carbocycles. The lowest BCUT2D eigenvalue weighted by Gasteiger charge is -2.31. The second-order valence-electron chi connectivity index (χ2n) is 7.53. The van der Waals surface area contributed by atoms with E-state index in [2.05, 4.69) is 9.83 Å². The number of anilines is 1. The Labute approximate surface area is 183 Å². The lowest BCUT2D eigenvalue weighted by molar-refractivity contribution is 0.386. The number of nitrogens with two attached hydrogens (primary N) is 1. The Kier molecular flexibility index (Phi) is 5.88. The van der Waals surface area contributed by atoms with Crippen LogP contribution in [-0.4, -0.2) is 35.8 Å². The number of rotatable bonds is 4. The Morgan fingerprint density at radius 1 is 1.12 bits per heavy atom. The zero-order valence-corrected chi connectivity index (χ0v) is 17.4. The first-order valence-electron chi connectivity index (χ1n) is 10.1. The summed E-state index contributed by atoms with van der Waals surface area (Å²) in [7, 11) is 1.35.